The molecule has 2 fully saturated rings. The molecule has 3 nitrogen and oxygen atoms in total. The molecule has 58 valence electrons. The molecule has 10 heavy (non-hydrogen) atoms. The summed E-state index contributed by atoms with van der Waals surface area (Å²) in [4.78, 5) is 2.50. The van der Waals surface area contributed by atoms with E-state index in [1.54, 1.807) is 0 Å². The molecule has 2 aliphatic rings. The van der Waals surface area contributed by atoms with Crippen molar-refractivity contribution >= 4 is 0 Å². The second-order valence-corrected chi connectivity index (χ2v) is 3.31. The fourth-order valence-electron chi connectivity index (χ4n) is 1.97. The largest absolute Gasteiger partial charge is 0.315 e. The van der Waals surface area contributed by atoms with Crippen molar-refractivity contribution in [2.24, 2.45) is 5.73 Å². The van der Waals surface area contributed by atoms with Crippen molar-refractivity contribution < 1.29 is 0 Å². The predicted octanol–water partition coefficient (Wildman–Crippen LogP) is -0.661. The molecular formula is C7H15N3. The maximum atomic E-state index is 5.74. The first-order valence-corrected chi connectivity index (χ1v) is 4.09. The fourth-order valence-corrected chi connectivity index (χ4v) is 1.97. The summed E-state index contributed by atoms with van der Waals surface area (Å²) in [5.74, 6) is 0. The third kappa shape index (κ3) is 1.05. The van der Waals surface area contributed by atoms with Crippen LogP contribution in [0.3, 0.4) is 0 Å². The molecule has 2 atom stereocenters. The lowest BCUT2D eigenvalue weighted by molar-refractivity contribution is 0.175. The van der Waals surface area contributed by atoms with Crippen molar-refractivity contribution in [1.29, 1.82) is 0 Å². The molecule has 0 saturated carbocycles. The summed E-state index contributed by atoms with van der Waals surface area (Å²) in [6, 6.07) is 0.791. The quantitative estimate of drug-likeness (QED) is 0.470. The Bertz CT molecular complexity index is 126. The van der Waals surface area contributed by atoms with Gasteiger partial charge in [0.05, 0.1) is 6.17 Å². The number of piperazine rings is 1. The number of rotatable bonds is 0. The van der Waals surface area contributed by atoms with Gasteiger partial charge in [0.1, 0.15) is 0 Å². The summed E-state index contributed by atoms with van der Waals surface area (Å²) in [6.45, 7) is 3.41. The van der Waals surface area contributed by atoms with Gasteiger partial charge in [-0.2, -0.15) is 0 Å². The first kappa shape index (κ1) is 6.58. The van der Waals surface area contributed by atoms with Gasteiger partial charge in [-0.05, 0) is 19.4 Å². The van der Waals surface area contributed by atoms with Gasteiger partial charge in [-0.3, -0.25) is 10.2 Å². The maximum Gasteiger partial charge on any atom is 0.0678 e. The lowest BCUT2D eigenvalue weighted by Crippen LogP contribution is -2.57. The van der Waals surface area contributed by atoms with E-state index in [9.17, 15) is 0 Å². The van der Waals surface area contributed by atoms with E-state index in [-0.39, 0.29) is 6.17 Å². The molecule has 0 aromatic carbocycles. The third-order valence-electron chi connectivity index (χ3n) is 2.55. The van der Waals surface area contributed by atoms with Crippen molar-refractivity contribution in [3.8, 4) is 0 Å². The normalized spacial score (nSPS) is 41.7. The molecule has 2 aliphatic heterocycles. The Balaban J connectivity index is 1.96. The van der Waals surface area contributed by atoms with Gasteiger partial charge in [0.2, 0.25) is 0 Å². The molecule has 3 heteroatoms. The summed E-state index contributed by atoms with van der Waals surface area (Å²) in [7, 11) is 0. The van der Waals surface area contributed by atoms with Crippen LogP contribution in [0, 0.1) is 0 Å². The van der Waals surface area contributed by atoms with Crippen molar-refractivity contribution in [1.82, 2.24) is 10.2 Å². The zero-order valence-corrected chi connectivity index (χ0v) is 6.21. The first-order valence-electron chi connectivity index (χ1n) is 4.09. The summed E-state index contributed by atoms with van der Waals surface area (Å²) in [5, 5.41) is 3.29. The molecule has 0 radical (unpaired) electrons. The lowest BCUT2D eigenvalue weighted by atomic mass is 10.2. The van der Waals surface area contributed by atoms with E-state index in [0.29, 0.717) is 0 Å². The highest BCUT2D eigenvalue weighted by Crippen LogP contribution is 2.18. The molecule has 0 aromatic rings. The number of nitrogens with two attached hydrogens (primary N) is 1. The van der Waals surface area contributed by atoms with E-state index in [1.807, 2.05) is 0 Å². The van der Waals surface area contributed by atoms with Gasteiger partial charge in [-0.25, -0.2) is 0 Å². The monoisotopic (exact) mass is 141 g/mol. The Morgan fingerprint density at radius 2 is 2.40 bits per heavy atom. The standard InChI is InChI=1S/C7H15N3/c8-7-5-10-3-1-2-6(10)4-9-7/h6-7,9H,1-5,8H2. The van der Waals surface area contributed by atoms with Crippen LogP contribution in [0.4, 0.5) is 0 Å². The van der Waals surface area contributed by atoms with Crippen LogP contribution < -0.4 is 11.1 Å². The molecule has 0 spiro atoms. The van der Waals surface area contributed by atoms with Crippen LogP contribution in [-0.4, -0.2) is 36.7 Å². The number of nitrogens with one attached hydrogen (secondary N) is 1. The SMILES string of the molecule is NC1CN2CCCC2CN1. The molecule has 0 aromatic heterocycles. The van der Waals surface area contributed by atoms with Crippen LogP contribution in [0.15, 0.2) is 0 Å². The van der Waals surface area contributed by atoms with Gasteiger partial charge >= 0.3 is 0 Å². The number of hydrogen-bond donors (Lipinski definition) is 2. The lowest BCUT2D eigenvalue weighted by Gasteiger charge is -2.33. The van der Waals surface area contributed by atoms with Crippen LogP contribution in [0.2, 0.25) is 0 Å². The summed E-state index contributed by atoms with van der Waals surface area (Å²) in [6.07, 6.45) is 2.94. The van der Waals surface area contributed by atoms with E-state index in [2.05, 4.69) is 10.2 Å². The van der Waals surface area contributed by atoms with Crippen molar-refractivity contribution in [3.05, 3.63) is 0 Å². The summed E-state index contributed by atoms with van der Waals surface area (Å²) < 4.78 is 0. The molecule has 2 rings (SSSR count). The van der Waals surface area contributed by atoms with Crippen LogP contribution in [0.25, 0.3) is 0 Å². The topological polar surface area (TPSA) is 41.3 Å². The van der Waals surface area contributed by atoms with Crippen molar-refractivity contribution in [2.75, 3.05) is 19.6 Å². The Morgan fingerprint density at radius 3 is 3.30 bits per heavy atom. The second-order valence-electron chi connectivity index (χ2n) is 3.31. The molecule has 2 saturated heterocycles. The maximum absolute atomic E-state index is 5.74. The Morgan fingerprint density at radius 1 is 1.50 bits per heavy atom. The Hall–Kier alpha value is -0.120. The second kappa shape index (κ2) is 2.49. The minimum absolute atomic E-state index is 0.217. The molecule has 2 heterocycles. The van der Waals surface area contributed by atoms with Gasteiger partial charge in [0.15, 0.2) is 0 Å². The zero-order valence-electron chi connectivity index (χ0n) is 6.21. The fraction of sp³-hybridized carbons (Fsp3) is 1.00. The predicted molar refractivity (Wildman–Crippen MR) is 40.6 cm³/mol. The average molecular weight is 141 g/mol. The Kier molecular flexibility index (Phi) is 1.64. The van der Waals surface area contributed by atoms with Crippen LogP contribution in [-0.2, 0) is 0 Å². The number of nitrogens with zero attached hydrogens (tertiary/aromatic N) is 1. The van der Waals surface area contributed by atoms with Gasteiger partial charge in [-0.1, -0.05) is 0 Å². The van der Waals surface area contributed by atoms with Crippen molar-refractivity contribution in [2.45, 2.75) is 25.0 Å². The van der Waals surface area contributed by atoms with E-state index < -0.39 is 0 Å². The highest BCUT2D eigenvalue weighted by Gasteiger charge is 2.29. The third-order valence-corrected chi connectivity index (χ3v) is 2.55. The minimum atomic E-state index is 0.217. The summed E-state index contributed by atoms with van der Waals surface area (Å²) in [5.41, 5.74) is 5.74. The molecule has 2 unspecified atom stereocenters. The minimum Gasteiger partial charge on any atom is -0.315 e. The highest BCUT2D eigenvalue weighted by atomic mass is 15.3. The molecule has 0 bridgehead atoms. The van der Waals surface area contributed by atoms with Crippen molar-refractivity contribution in [3.63, 3.8) is 0 Å². The molecular weight excluding hydrogens is 126 g/mol. The van der Waals surface area contributed by atoms with E-state index in [0.717, 1.165) is 19.1 Å². The first-order chi connectivity index (χ1) is 4.86. The van der Waals surface area contributed by atoms with Gasteiger partial charge in [0, 0.05) is 19.1 Å². The van der Waals surface area contributed by atoms with Gasteiger partial charge in [-0.15, -0.1) is 0 Å². The molecule has 3 N–H and O–H groups in total. The average Bonchev–Trinajstić information content (AvgIpc) is 2.33. The number of hydrogen-bond acceptors (Lipinski definition) is 3. The van der Waals surface area contributed by atoms with E-state index >= 15 is 0 Å². The highest BCUT2D eigenvalue weighted by molar-refractivity contribution is 4.87. The van der Waals surface area contributed by atoms with Crippen LogP contribution in [0.5, 0.6) is 0 Å². The van der Waals surface area contributed by atoms with Gasteiger partial charge < -0.3 is 5.73 Å². The summed E-state index contributed by atoms with van der Waals surface area (Å²) >= 11 is 0. The van der Waals surface area contributed by atoms with Crippen LogP contribution in [0.1, 0.15) is 12.8 Å². The zero-order chi connectivity index (χ0) is 6.97. The van der Waals surface area contributed by atoms with Crippen LogP contribution >= 0.6 is 0 Å². The molecule has 0 amide bonds. The molecule has 0 aliphatic carbocycles. The smallest absolute Gasteiger partial charge is 0.0678 e. The number of fused-ring (bicyclic) bond motifs is 1. The van der Waals surface area contributed by atoms with E-state index in [4.69, 9.17) is 5.73 Å². The Labute approximate surface area is 61.6 Å². The van der Waals surface area contributed by atoms with E-state index in [1.165, 1.54) is 19.4 Å². The van der Waals surface area contributed by atoms with Gasteiger partial charge in [0.25, 0.3) is 0 Å².